The summed E-state index contributed by atoms with van der Waals surface area (Å²) in [4.78, 5) is 14.4. The molecule has 3 rings (SSSR count). The number of halogens is 1. The molecule has 25 heavy (non-hydrogen) atoms. The summed E-state index contributed by atoms with van der Waals surface area (Å²) >= 11 is 0. The number of hydrogen-bond acceptors (Lipinski definition) is 4. The van der Waals surface area contributed by atoms with Crippen molar-refractivity contribution in [1.82, 2.24) is 10.2 Å². The summed E-state index contributed by atoms with van der Waals surface area (Å²) in [7, 11) is 0. The fourth-order valence-electron chi connectivity index (χ4n) is 3.78. The molecule has 138 valence electrons. The van der Waals surface area contributed by atoms with Gasteiger partial charge in [-0.1, -0.05) is 12.1 Å². The molecule has 0 aromatic heterocycles. The minimum atomic E-state index is -1.38. The average Bonchev–Trinajstić information content (AvgIpc) is 2.61. The third-order valence-electron chi connectivity index (χ3n) is 5.37. The number of carbonyl (C=O) groups is 1. The number of rotatable bonds is 5. The maximum absolute atomic E-state index is 13.0. The number of nitrogens with zero attached hydrogens (tertiary/aromatic N) is 1. The van der Waals surface area contributed by atoms with Crippen molar-refractivity contribution in [2.75, 3.05) is 13.1 Å². The molecule has 1 aromatic carbocycles. The van der Waals surface area contributed by atoms with Gasteiger partial charge in [0.2, 0.25) is 0 Å². The van der Waals surface area contributed by atoms with Crippen molar-refractivity contribution in [2.45, 2.75) is 62.8 Å². The molecular weight excluding hydrogens is 323 g/mol. The first-order valence-corrected chi connectivity index (χ1v) is 9.14. The second-order valence-electron chi connectivity index (χ2n) is 7.37. The number of carbonyl (C=O) groups excluding carboxylic acids is 1. The first kappa shape index (κ1) is 18.3. The zero-order chi connectivity index (χ0) is 17.9. The van der Waals surface area contributed by atoms with E-state index in [1.54, 1.807) is 17.0 Å². The maximum Gasteiger partial charge on any atom is 0.256 e. The van der Waals surface area contributed by atoms with Crippen LogP contribution in [0.15, 0.2) is 24.3 Å². The number of aliphatic hydroxyl groups is 2. The Balaban J connectivity index is 1.57. The molecule has 1 aliphatic carbocycles. The van der Waals surface area contributed by atoms with Crippen molar-refractivity contribution in [2.24, 2.45) is 0 Å². The number of aliphatic hydroxyl groups excluding tert-OH is 1. The van der Waals surface area contributed by atoms with Crippen LogP contribution in [0.5, 0.6) is 0 Å². The molecule has 1 saturated heterocycles. The van der Waals surface area contributed by atoms with Gasteiger partial charge in [0.15, 0.2) is 5.60 Å². The zero-order valence-electron chi connectivity index (χ0n) is 14.5. The van der Waals surface area contributed by atoms with Crippen LogP contribution in [0, 0.1) is 5.82 Å². The summed E-state index contributed by atoms with van der Waals surface area (Å²) in [5.74, 6) is -0.557. The van der Waals surface area contributed by atoms with Gasteiger partial charge in [-0.05, 0) is 56.2 Å². The van der Waals surface area contributed by atoms with E-state index in [-0.39, 0.29) is 30.4 Å². The molecule has 2 fully saturated rings. The molecule has 1 atom stereocenters. The Labute approximate surface area is 147 Å². The molecule has 0 spiro atoms. The highest BCUT2D eigenvalue weighted by Crippen LogP contribution is 2.25. The van der Waals surface area contributed by atoms with Crippen LogP contribution in [0.2, 0.25) is 0 Å². The Morgan fingerprint density at radius 1 is 1.20 bits per heavy atom. The van der Waals surface area contributed by atoms with Gasteiger partial charge in [0.1, 0.15) is 5.82 Å². The van der Waals surface area contributed by atoms with Crippen molar-refractivity contribution in [3.63, 3.8) is 0 Å². The van der Waals surface area contributed by atoms with Gasteiger partial charge in [0.05, 0.1) is 6.10 Å². The van der Waals surface area contributed by atoms with Gasteiger partial charge < -0.3 is 20.4 Å². The lowest BCUT2D eigenvalue weighted by Crippen LogP contribution is -2.58. The van der Waals surface area contributed by atoms with E-state index in [1.807, 2.05) is 0 Å². The predicted octanol–water partition coefficient (Wildman–Crippen LogP) is 1.57. The largest absolute Gasteiger partial charge is 0.393 e. The molecule has 6 heteroatoms. The Bertz CT molecular complexity index is 587. The average molecular weight is 350 g/mol. The van der Waals surface area contributed by atoms with Crippen LogP contribution < -0.4 is 5.32 Å². The van der Waals surface area contributed by atoms with Gasteiger partial charge in [-0.2, -0.15) is 0 Å². The van der Waals surface area contributed by atoms with E-state index < -0.39 is 5.60 Å². The molecule has 5 nitrogen and oxygen atoms in total. The van der Waals surface area contributed by atoms with Crippen LogP contribution in [0.25, 0.3) is 0 Å². The van der Waals surface area contributed by atoms with Crippen LogP contribution in [-0.2, 0) is 11.3 Å². The highest BCUT2D eigenvalue weighted by Gasteiger charge is 2.42. The standard InChI is InChI=1S/C19H27FN2O3/c20-15-4-2-14(3-5-15)12-22-11-1-10-19(25,18(22)24)13-21-16-6-8-17(23)9-7-16/h2-5,16-17,21,23,25H,1,6-13H2/t16?,17?,19-/m1/s1. The fourth-order valence-corrected chi connectivity index (χ4v) is 3.78. The molecule has 2 aliphatic rings. The molecule has 1 amide bonds. The van der Waals surface area contributed by atoms with Gasteiger partial charge in [0.25, 0.3) is 5.91 Å². The van der Waals surface area contributed by atoms with Crippen molar-refractivity contribution >= 4 is 5.91 Å². The monoisotopic (exact) mass is 350 g/mol. The number of nitrogens with one attached hydrogen (secondary N) is 1. The molecular formula is C19H27FN2O3. The molecule has 1 aromatic rings. The van der Waals surface area contributed by atoms with Gasteiger partial charge in [-0.3, -0.25) is 4.79 Å². The Hall–Kier alpha value is -1.50. The van der Waals surface area contributed by atoms with Gasteiger partial charge >= 0.3 is 0 Å². The molecule has 1 heterocycles. The highest BCUT2D eigenvalue weighted by molar-refractivity contribution is 5.86. The van der Waals surface area contributed by atoms with Crippen LogP contribution >= 0.6 is 0 Å². The predicted molar refractivity (Wildman–Crippen MR) is 92.3 cm³/mol. The highest BCUT2D eigenvalue weighted by atomic mass is 19.1. The van der Waals surface area contributed by atoms with E-state index in [4.69, 9.17) is 0 Å². The minimum absolute atomic E-state index is 0.219. The van der Waals surface area contributed by atoms with Crippen molar-refractivity contribution in [3.05, 3.63) is 35.6 Å². The summed E-state index contributed by atoms with van der Waals surface area (Å²) in [5.41, 5.74) is -0.526. The summed E-state index contributed by atoms with van der Waals surface area (Å²) in [6.07, 6.45) is 4.24. The molecule has 1 saturated carbocycles. The van der Waals surface area contributed by atoms with Gasteiger partial charge in [-0.25, -0.2) is 4.39 Å². The lowest BCUT2D eigenvalue weighted by atomic mass is 9.89. The topological polar surface area (TPSA) is 72.8 Å². The number of amides is 1. The summed E-state index contributed by atoms with van der Waals surface area (Å²) in [5, 5.41) is 23.7. The molecule has 3 N–H and O–H groups in total. The summed E-state index contributed by atoms with van der Waals surface area (Å²) < 4.78 is 13.0. The number of hydrogen-bond donors (Lipinski definition) is 3. The molecule has 0 radical (unpaired) electrons. The molecule has 1 aliphatic heterocycles. The second kappa shape index (κ2) is 7.81. The maximum atomic E-state index is 13.0. The van der Waals surface area contributed by atoms with Gasteiger partial charge in [-0.15, -0.1) is 0 Å². The summed E-state index contributed by atoms with van der Waals surface area (Å²) in [6, 6.07) is 6.35. The van der Waals surface area contributed by atoms with E-state index >= 15 is 0 Å². The SMILES string of the molecule is O=C1N(Cc2ccc(F)cc2)CCC[C@@]1(O)CNC1CCC(O)CC1. The van der Waals surface area contributed by atoms with Crippen molar-refractivity contribution < 1.29 is 19.4 Å². The van der Waals surface area contributed by atoms with Crippen LogP contribution in [0.1, 0.15) is 44.1 Å². The Morgan fingerprint density at radius 2 is 1.88 bits per heavy atom. The zero-order valence-corrected chi connectivity index (χ0v) is 14.5. The molecule has 0 unspecified atom stereocenters. The smallest absolute Gasteiger partial charge is 0.256 e. The Morgan fingerprint density at radius 3 is 2.56 bits per heavy atom. The van der Waals surface area contributed by atoms with Crippen molar-refractivity contribution in [1.29, 1.82) is 0 Å². The van der Waals surface area contributed by atoms with Gasteiger partial charge in [0, 0.05) is 25.7 Å². The third-order valence-corrected chi connectivity index (χ3v) is 5.37. The second-order valence-corrected chi connectivity index (χ2v) is 7.37. The normalized spacial score (nSPS) is 30.5. The van der Waals surface area contributed by atoms with E-state index in [2.05, 4.69) is 5.32 Å². The Kier molecular flexibility index (Phi) is 5.71. The lowest BCUT2D eigenvalue weighted by molar-refractivity contribution is -0.157. The number of likely N-dealkylation sites (tertiary alicyclic amines) is 1. The number of piperidine rings is 1. The van der Waals surface area contributed by atoms with Crippen molar-refractivity contribution in [3.8, 4) is 0 Å². The number of benzene rings is 1. The van der Waals surface area contributed by atoms with Crippen LogP contribution in [0.4, 0.5) is 4.39 Å². The first-order chi connectivity index (χ1) is 12.0. The fraction of sp³-hybridized carbons (Fsp3) is 0.632. The lowest BCUT2D eigenvalue weighted by Gasteiger charge is -2.39. The minimum Gasteiger partial charge on any atom is -0.393 e. The first-order valence-electron chi connectivity index (χ1n) is 9.14. The third kappa shape index (κ3) is 4.57. The van der Waals surface area contributed by atoms with Crippen LogP contribution in [-0.4, -0.2) is 51.9 Å². The van der Waals surface area contributed by atoms with E-state index in [9.17, 15) is 19.4 Å². The quantitative estimate of drug-likeness (QED) is 0.754. The van der Waals surface area contributed by atoms with E-state index in [0.717, 1.165) is 37.7 Å². The van der Waals surface area contributed by atoms with E-state index in [0.29, 0.717) is 19.5 Å². The summed E-state index contributed by atoms with van der Waals surface area (Å²) in [6.45, 7) is 1.23. The molecule has 0 bridgehead atoms. The van der Waals surface area contributed by atoms with Crippen LogP contribution in [0.3, 0.4) is 0 Å². The van der Waals surface area contributed by atoms with E-state index in [1.165, 1.54) is 12.1 Å².